The van der Waals surface area contributed by atoms with Gasteiger partial charge in [-0.05, 0) is 30.0 Å². The number of carboxylic acid groups (broad SMARTS) is 1. The van der Waals surface area contributed by atoms with E-state index in [1.54, 1.807) is 42.5 Å². The minimum absolute atomic E-state index is 0.269. The minimum Gasteiger partial charge on any atom is -0.481 e. The summed E-state index contributed by atoms with van der Waals surface area (Å²) in [5.41, 5.74) is 1.41. The van der Waals surface area contributed by atoms with Crippen LogP contribution in [0.4, 0.5) is 4.39 Å². The first-order chi connectivity index (χ1) is 9.13. The van der Waals surface area contributed by atoms with Gasteiger partial charge in [0.2, 0.25) is 0 Å². The van der Waals surface area contributed by atoms with E-state index in [1.807, 2.05) is 0 Å². The molecule has 1 aliphatic rings. The molecule has 0 aromatic heterocycles. The van der Waals surface area contributed by atoms with Gasteiger partial charge in [0.05, 0.1) is 5.41 Å². The Bertz CT molecular complexity index is 627. The smallest absolute Gasteiger partial charge is 0.314 e. The van der Waals surface area contributed by atoms with Gasteiger partial charge in [0.1, 0.15) is 5.82 Å². The van der Waals surface area contributed by atoms with Crippen LogP contribution in [0.25, 0.3) is 11.1 Å². The number of hydrogen-bond acceptors (Lipinski definition) is 1. The standard InChI is InChI=1S/C16H13FO2/c17-14-4-2-1-3-13(14)11-5-7-12(8-6-11)16(9-10-16)15(18)19/h1-8H,9-10H2,(H,18,19). The summed E-state index contributed by atoms with van der Waals surface area (Å²) in [5, 5.41) is 9.23. The maximum Gasteiger partial charge on any atom is 0.314 e. The third-order valence-corrected chi connectivity index (χ3v) is 3.78. The molecule has 2 aromatic rings. The van der Waals surface area contributed by atoms with Crippen LogP contribution in [0.2, 0.25) is 0 Å². The first-order valence-electron chi connectivity index (χ1n) is 6.22. The summed E-state index contributed by atoms with van der Waals surface area (Å²) < 4.78 is 13.7. The second-order valence-corrected chi connectivity index (χ2v) is 4.94. The molecule has 1 fully saturated rings. The molecule has 1 aliphatic carbocycles. The lowest BCUT2D eigenvalue weighted by Gasteiger charge is -2.11. The fraction of sp³-hybridized carbons (Fsp3) is 0.188. The fourth-order valence-electron chi connectivity index (χ4n) is 2.42. The molecule has 0 atom stereocenters. The van der Waals surface area contributed by atoms with Crippen LogP contribution in [0.1, 0.15) is 18.4 Å². The van der Waals surface area contributed by atoms with Crippen LogP contribution in [0, 0.1) is 5.82 Å². The van der Waals surface area contributed by atoms with Crippen molar-refractivity contribution in [3.63, 3.8) is 0 Å². The van der Waals surface area contributed by atoms with E-state index in [0.717, 1.165) is 11.1 Å². The van der Waals surface area contributed by atoms with Gasteiger partial charge in [0.25, 0.3) is 0 Å². The fourth-order valence-corrected chi connectivity index (χ4v) is 2.42. The first kappa shape index (κ1) is 11.9. The van der Waals surface area contributed by atoms with Gasteiger partial charge in [-0.25, -0.2) is 4.39 Å². The van der Waals surface area contributed by atoms with E-state index in [2.05, 4.69) is 0 Å². The van der Waals surface area contributed by atoms with E-state index >= 15 is 0 Å². The van der Waals surface area contributed by atoms with Gasteiger partial charge in [-0.2, -0.15) is 0 Å². The number of hydrogen-bond donors (Lipinski definition) is 1. The highest BCUT2D eigenvalue weighted by atomic mass is 19.1. The van der Waals surface area contributed by atoms with Crippen LogP contribution >= 0.6 is 0 Å². The molecule has 0 heterocycles. The molecule has 2 nitrogen and oxygen atoms in total. The van der Waals surface area contributed by atoms with Crippen LogP contribution in [-0.4, -0.2) is 11.1 Å². The Kier molecular flexibility index (Phi) is 2.63. The predicted octanol–water partition coefficient (Wildman–Crippen LogP) is 3.61. The normalized spacial score (nSPS) is 16.1. The van der Waals surface area contributed by atoms with Crippen molar-refractivity contribution >= 4 is 5.97 Å². The average molecular weight is 256 g/mol. The Morgan fingerprint density at radius 1 is 1.05 bits per heavy atom. The molecule has 0 aliphatic heterocycles. The lowest BCUT2D eigenvalue weighted by atomic mass is 9.94. The lowest BCUT2D eigenvalue weighted by Crippen LogP contribution is -2.19. The molecule has 0 amide bonds. The summed E-state index contributed by atoms with van der Waals surface area (Å²) in [6.07, 6.45) is 1.36. The highest BCUT2D eigenvalue weighted by Gasteiger charge is 2.51. The zero-order valence-corrected chi connectivity index (χ0v) is 10.3. The van der Waals surface area contributed by atoms with Crippen molar-refractivity contribution in [2.24, 2.45) is 0 Å². The van der Waals surface area contributed by atoms with E-state index < -0.39 is 11.4 Å². The first-order valence-corrected chi connectivity index (χ1v) is 6.22. The molecule has 3 rings (SSSR count). The molecular weight excluding hydrogens is 243 g/mol. The Labute approximate surface area is 110 Å². The molecule has 0 saturated heterocycles. The summed E-state index contributed by atoms with van der Waals surface area (Å²) in [4.78, 5) is 11.2. The summed E-state index contributed by atoms with van der Waals surface area (Å²) in [5.74, 6) is -1.04. The average Bonchev–Trinajstić information content (AvgIpc) is 3.21. The van der Waals surface area contributed by atoms with Crippen molar-refractivity contribution in [3.05, 3.63) is 59.9 Å². The molecule has 2 aromatic carbocycles. The zero-order valence-electron chi connectivity index (χ0n) is 10.3. The van der Waals surface area contributed by atoms with E-state index in [1.165, 1.54) is 6.07 Å². The van der Waals surface area contributed by atoms with Gasteiger partial charge in [0.15, 0.2) is 0 Å². The Hall–Kier alpha value is -2.16. The predicted molar refractivity (Wildman–Crippen MR) is 70.4 cm³/mol. The molecule has 1 N–H and O–H groups in total. The van der Waals surface area contributed by atoms with Crippen LogP contribution in [-0.2, 0) is 10.2 Å². The summed E-state index contributed by atoms with van der Waals surface area (Å²) in [7, 11) is 0. The topological polar surface area (TPSA) is 37.3 Å². The third kappa shape index (κ3) is 1.91. The van der Waals surface area contributed by atoms with Gasteiger partial charge in [0, 0.05) is 5.56 Å². The molecule has 3 heteroatoms. The monoisotopic (exact) mass is 256 g/mol. The number of benzene rings is 2. The van der Waals surface area contributed by atoms with Crippen LogP contribution in [0.3, 0.4) is 0 Å². The number of rotatable bonds is 3. The summed E-state index contributed by atoms with van der Waals surface area (Å²) >= 11 is 0. The molecule has 19 heavy (non-hydrogen) atoms. The van der Waals surface area contributed by atoms with Gasteiger partial charge in [-0.1, -0.05) is 42.5 Å². The van der Waals surface area contributed by atoms with Crippen LogP contribution in [0.5, 0.6) is 0 Å². The maximum absolute atomic E-state index is 13.7. The van der Waals surface area contributed by atoms with Crippen molar-refractivity contribution in [2.45, 2.75) is 18.3 Å². The van der Waals surface area contributed by atoms with Gasteiger partial charge in [-0.15, -0.1) is 0 Å². The third-order valence-electron chi connectivity index (χ3n) is 3.78. The minimum atomic E-state index is -0.772. The van der Waals surface area contributed by atoms with Crippen molar-refractivity contribution in [2.75, 3.05) is 0 Å². The highest BCUT2D eigenvalue weighted by molar-refractivity contribution is 5.85. The number of carboxylic acids is 1. The number of carbonyl (C=O) groups is 1. The Morgan fingerprint density at radius 3 is 2.21 bits per heavy atom. The SMILES string of the molecule is O=C(O)C1(c2ccc(-c3ccccc3F)cc2)CC1. The number of aliphatic carboxylic acids is 1. The molecular formula is C16H13FO2. The van der Waals surface area contributed by atoms with E-state index in [9.17, 15) is 14.3 Å². The molecule has 0 unspecified atom stereocenters. The molecule has 0 bridgehead atoms. The van der Waals surface area contributed by atoms with Crippen molar-refractivity contribution in [1.29, 1.82) is 0 Å². The van der Waals surface area contributed by atoms with E-state index in [0.29, 0.717) is 18.4 Å². The maximum atomic E-state index is 13.7. The van der Waals surface area contributed by atoms with Gasteiger partial charge in [-0.3, -0.25) is 4.79 Å². The van der Waals surface area contributed by atoms with E-state index in [4.69, 9.17) is 0 Å². The molecule has 0 radical (unpaired) electrons. The molecule has 0 spiro atoms. The summed E-state index contributed by atoms with van der Waals surface area (Å²) in [6, 6.07) is 13.7. The number of halogens is 1. The Morgan fingerprint density at radius 2 is 1.68 bits per heavy atom. The quantitative estimate of drug-likeness (QED) is 0.910. The molecule has 96 valence electrons. The van der Waals surface area contributed by atoms with Crippen molar-refractivity contribution in [1.82, 2.24) is 0 Å². The van der Waals surface area contributed by atoms with Crippen LogP contribution in [0.15, 0.2) is 48.5 Å². The lowest BCUT2D eigenvalue weighted by molar-refractivity contribution is -0.140. The second kappa shape index (κ2) is 4.19. The Balaban J connectivity index is 1.96. The van der Waals surface area contributed by atoms with Gasteiger partial charge >= 0.3 is 5.97 Å². The van der Waals surface area contributed by atoms with Crippen molar-refractivity contribution in [3.8, 4) is 11.1 Å². The summed E-state index contributed by atoms with van der Waals surface area (Å²) in [6.45, 7) is 0. The second-order valence-electron chi connectivity index (χ2n) is 4.94. The van der Waals surface area contributed by atoms with E-state index in [-0.39, 0.29) is 5.82 Å². The molecule has 1 saturated carbocycles. The zero-order chi connectivity index (χ0) is 13.5. The highest BCUT2D eigenvalue weighted by Crippen LogP contribution is 2.48. The van der Waals surface area contributed by atoms with Crippen LogP contribution < -0.4 is 0 Å². The largest absolute Gasteiger partial charge is 0.481 e. The van der Waals surface area contributed by atoms with Crippen molar-refractivity contribution < 1.29 is 14.3 Å². The van der Waals surface area contributed by atoms with Gasteiger partial charge < -0.3 is 5.11 Å².